The summed E-state index contributed by atoms with van der Waals surface area (Å²) in [5.74, 6) is -0.244. The number of ether oxygens (including phenoxy) is 1. The van der Waals surface area contributed by atoms with E-state index in [2.05, 4.69) is 10.3 Å². The zero-order valence-corrected chi connectivity index (χ0v) is 18.9. The van der Waals surface area contributed by atoms with Crippen LogP contribution in [-0.2, 0) is 14.8 Å². The van der Waals surface area contributed by atoms with E-state index in [-0.39, 0.29) is 28.9 Å². The molecule has 1 aromatic heterocycles. The summed E-state index contributed by atoms with van der Waals surface area (Å²) in [6.07, 6.45) is 4.47. The molecule has 4 rings (SSSR count). The number of likely N-dealkylation sites (tertiary alicyclic amines) is 1. The number of nitrogens with zero attached hydrogens (tertiary/aromatic N) is 2. The zero-order valence-electron chi connectivity index (χ0n) is 18.0. The smallest absolute Gasteiger partial charge is 0.270 e. The number of aromatic amines is 1. The van der Waals surface area contributed by atoms with Crippen LogP contribution in [0.1, 0.15) is 36.2 Å². The van der Waals surface area contributed by atoms with Gasteiger partial charge in [-0.05, 0) is 43.9 Å². The number of aromatic nitrogens is 1. The quantitative estimate of drug-likeness (QED) is 0.687. The number of piperidine rings is 1. The number of anilines is 1. The van der Waals surface area contributed by atoms with Crippen LogP contribution in [0.15, 0.2) is 41.4 Å². The van der Waals surface area contributed by atoms with Crippen LogP contribution in [0.3, 0.4) is 0 Å². The maximum atomic E-state index is 13.2. The monoisotopic (exact) mass is 460 g/mol. The van der Waals surface area contributed by atoms with Crippen LogP contribution in [0.4, 0.5) is 5.69 Å². The molecule has 172 valence electrons. The third-order valence-electron chi connectivity index (χ3n) is 6.01. The van der Waals surface area contributed by atoms with E-state index in [1.165, 1.54) is 16.6 Å². The molecule has 0 spiro atoms. The molecule has 0 unspecified atom stereocenters. The Labute approximate surface area is 187 Å². The Morgan fingerprint density at radius 1 is 1.12 bits per heavy atom. The summed E-state index contributed by atoms with van der Waals surface area (Å²) in [5, 5.41) is 2.85. The lowest BCUT2D eigenvalue weighted by molar-refractivity contribution is -0.120. The Hall–Kier alpha value is -2.85. The number of rotatable bonds is 6. The third-order valence-corrected chi connectivity index (χ3v) is 7.85. The van der Waals surface area contributed by atoms with Gasteiger partial charge in [-0.25, -0.2) is 8.42 Å². The Bertz CT molecular complexity index is 1090. The number of carbonyl (C=O) groups excluding carboxylic acids is 2. The Balaban J connectivity index is 1.44. The molecule has 2 aromatic rings. The predicted octanol–water partition coefficient (Wildman–Crippen LogP) is 2.30. The fraction of sp³-hybridized carbons (Fsp3) is 0.455. The molecule has 2 aliphatic rings. The topological polar surface area (TPSA) is 112 Å². The lowest BCUT2D eigenvalue weighted by atomic mass is 9.98. The standard InChI is InChI=1S/C22H28N4O5S/c1-31-18-8-4-7-17(12-18)24-21(27)16-6-5-11-26(15-16)32(29,30)19-13-20(23-14-19)22(28)25-9-2-3-10-25/h4,7-8,12-14,16,23H,2-3,5-6,9-11,15H2,1H3,(H,24,27)/t16-/m1/s1. The van der Waals surface area contributed by atoms with Crippen molar-refractivity contribution in [2.24, 2.45) is 5.92 Å². The lowest BCUT2D eigenvalue weighted by Crippen LogP contribution is -2.43. The molecule has 3 heterocycles. The van der Waals surface area contributed by atoms with Crippen molar-refractivity contribution in [2.45, 2.75) is 30.6 Å². The first kappa shape index (κ1) is 22.3. The second-order valence-corrected chi connectivity index (χ2v) is 10.1. The van der Waals surface area contributed by atoms with Crippen molar-refractivity contribution >= 4 is 27.5 Å². The van der Waals surface area contributed by atoms with Gasteiger partial charge in [0.25, 0.3) is 5.91 Å². The molecule has 2 saturated heterocycles. The Morgan fingerprint density at radius 2 is 1.91 bits per heavy atom. The molecule has 9 nitrogen and oxygen atoms in total. The Morgan fingerprint density at radius 3 is 2.66 bits per heavy atom. The minimum absolute atomic E-state index is 0.0499. The summed E-state index contributed by atoms with van der Waals surface area (Å²) in [5.41, 5.74) is 0.875. The molecule has 0 aliphatic carbocycles. The zero-order chi connectivity index (χ0) is 22.7. The van der Waals surface area contributed by atoms with E-state index >= 15 is 0 Å². The molecule has 10 heteroatoms. The first-order valence-corrected chi connectivity index (χ1v) is 12.3. The average Bonchev–Trinajstić information content (AvgIpc) is 3.52. The molecule has 32 heavy (non-hydrogen) atoms. The normalized spacial score (nSPS) is 19.7. The number of amides is 2. The van der Waals surface area contributed by atoms with Gasteiger partial charge in [0.15, 0.2) is 0 Å². The number of nitrogens with one attached hydrogen (secondary N) is 2. The molecule has 0 radical (unpaired) electrons. The van der Waals surface area contributed by atoms with Crippen molar-refractivity contribution in [2.75, 3.05) is 38.6 Å². The first-order valence-electron chi connectivity index (χ1n) is 10.8. The van der Waals surface area contributed by atoms with E-state index in [4.69, 9.17) is 4.74 Å². The van der Waals surface area contributed by atoms with E-state index in [9.17, 15) is 18.0 Å². The maximum Gasteiger partial charge on any atom is 0.270 e. The number of carbonyl (C=O) groups is 2. The van der Waals surface area contributed by atoms with Crippen molar-refractivity contribution in [3.05, 3.63) is 42.2 Å². The van der Waals surface area contributed by atoms with Crippen LogP contribution in [0.2, 0.25) is 0 Å². The minimum Gasteiger partial charge on any atom is -0.497 e. The van der Waals surface area contributed by atoms with Crippen LogP contribution >= 0.6 is 0 Å². The predicted molar refractivity (Wildman–Crippen MR) is 119 cm³/mol. The molecule has 2 amide bonds. The number of hydrogen-bond donors (Lipinski definition) is 2. The number of sulfonamides is 1. The van der Waals surface area contributed by atoms with Crippen LogP contribution in [0.5, 0.6) is 5.75 Å². The first-order chi connectivity index (χ1) is 15.4. The summed E-state index contributed by atoms with van der Waals surface area (Å²) in [4.78, 5) is 29.9. The van der Waals surface area contributed by atoms with Gasteiger partial charge in [0, 0.05) is 44.1 Å². The number of H-pyrrole nitrogens is 1. The molecule has 2 fully saturated rings. The molecule has 1 aromatic carbocycles. The summed E-state index contributed by atoms with van der Waals surface area (Å²) < 4.78 is 32.9. The van der Waals surface area contributed by atoms with Gasteiger partial charge in [0.1, 0.15) is 16.3 Å². The van der Waals surface area contributed by atoms with Crippen molar-refractivity contribution in [1.29, 1.82) is 0 Å². The van der Waals surface area contributed by atoms with Crippen molar-refractivity contribution in [1.82, 2.24) is 14.2 Å². The third kappa shape index (κ3) is 4.66. The van der Waals surface area contributed by atoms with Gasteiger partial charge in [-0.15, -0.1) is 0 Å². The Kier molecular flexibility index (Phi) is 6.52. The SMILES string of the molecule is COc1cccc(NC(=O)[C@@H]2CCCN(S(=O)(=O)c3c[nH]c(C(=O)N4CCCC4)c3)C2)c1. The second kappa shape index (κ2) is 9.33. The van der Waals surface area contributed by atoms with Crippen LogP contribution in [0, 0.1) is 5.92 Å². The summed E-state index contributed by atoms with van der Waals surface area (Å²) in [6, 6.07) is 8.43. The number of benzene rings is 1. The second-order valence-electron chi connectivity index (χ2n) is 8.17. The lowest BCUT2D eigenvalue weighted by Gasteiger charge is -2.31. The average molecular weight is 461 g/mol. The molecule has 0 saturated carbocycles. The van der Waals surface area contributed by atoms with Gasteiger partial charge in [-0.3, -0.25) is 9.59 Å². The maximum absolute atomic E-state index is 13.2. The largest absolute Gasteiger partial charge is 0.497 e. The fourth-order valence-corrected chi connectivity index (χ4v) is 5.72. The number of hydrogen-bond acceptors (Lipinski definition) is 5. The van der Waals surface area contributed by atoms with Crippen LogP contribution < -0.4 is 10.1 Å². The van der Waals surface area contributed by atoms with Gasteiger partial charge < -0.3 is 19.9 Å². The van der Waals surface area contributed by atoms with Gasteiger partial charge in [-0.1, -0.05) is 6.07 Å². The highest BCUT2D eigenvalue weighted by Crippen LogP contribution is 2.26. The van der Waals surface area contributed by atoms with Crippen LogP contribution in [0.25, 0.3) is 0 Å². The van der Waals surface area contributed by atoms with Crippen molar-refractivity contribution < 1.29 is 22.7 Å². The van der Waals surface area contributed by atoms with Gasteiger partial charge >= 0.3 is 0 Å². The number of methoxy groups -OCH3 is 1. The highest BCUT2D eigenvalue weighted by molar-refractivity contribution is 7.89. The highest BCUT2D eigenvalue weighted by atomic mass is 32.2. The summed E-state index contributed by atoms with van der Waals surface area (Å²) >= 11 is 0. The van der Waals surface area contributed by atoms with Gasteiger partial charge in [-0.2, -0.15) is 4.31 Å². The molecule has 1 atom stereocenters. The van der Waals surface area contributed by atoms with E-state index < -0.39 is 15.9 Å². The molecule has 2 N–H and O–H groups in total. The van der Waals surface area contributed by atoms with E-state index in [0.717, 1.165) is 12.8 Å². The van der Waals surface area contributed by atoms with Gasteiger partial charge in [0.05, 0.1) is 13.0 Å². The molecular weight excluding hydrogens is 432 g/mol. The van der Waals surface area contributed by atoms with Gasteiger partial charge in [0.2, 0.25) is 15.9 Å². The highest BCUT2D eigenvalue weighted by Gasteiger charge is 2.34. The molecular formula is C22H28N4O5S. The molecule has 2 aliphatic heterocycles. The van der Waals surface area contributed by atoms with Crippen LogP contribution in [-0.4, -0.2) is 67.7 Å². The summed E-state index contributed by atoms with van der Waals surface area (Å²) in [6.45, 7) is 1.82. The van der Waals surface area contributed by atoms with E-state index in [0.29, 0.717) is 43.9 Å². The summed E-state index contributed by atoms with van der Waals surface area (Å²) in [7, 11) is -2.27. The minimum atomic E-state index is -3.82. The fourth-order valence-electron chi connectivity index (χ4n) is 4.21. The molecule has 0 bridgehead atoms. The van der Waals surface area contributed by atoms with E-state index in [1.54, 1.807) is 36.3 Å². The van der Waals surface area contributed by atoms with E-state index in [1.807, 2.05) is 0 Å². The van der Waals surface area contributed by atoms with Crippen molar-refractivity contribution in [3.8, 4) is 5.75 Å². The van der Waals surface area contributed by atoms with Crippen molar-refractivity contribution in [3.63, 3.8) is 0 Å².